The van der Waals surface area contributed by atoms with Crippen molar-refractivity contribution in [3.8, 4) is 22.5 Å². The highest BCUT2D eigenvalue weighted by atomic mass is 16.7. The second kappa shape index (κ2) is 7.94. The van der Waals surface area contributed by atoms with Gasteiger partial charge in [-0.15, -0.1) is 0 Å². The molecule has 6 nitrogen and oxygen atoms in total. The number of rotatable bonds is 3. The lowest BCUT2D eigenvalue weighted by Crippen LogP contribution is -2.41. The SMILES string of the molecule is CC1(C)OB(c2nc(-c3cccc4cccnc34)cc(-c3cccc4cccnc34)n2)OC1(C)C. The minimum atomic E-state index is -0.690. The molecule has 6 rings (SSSR count). The van der Waals surface area contributed by atoms with Crippen molar-refractivity contribution in [1.82, 2.24) is 19.9 Å². The van der Waals surface area contributed by atoms with Crippen LogP contribution in [0.2, 0.25) is 0 Å². The maximum Gasteiger partial charge on any atom is 0.534 e. The first-order valence-corrected chi connectivity index (χ1v) is 11.8. The second-order valence-electron chi connectivity index (χ2n) is 9.85. The summed E-state index contributed by atoms with van der Waals surface area (Å²) in [5, 5.41) is 2.10. The highest BCUT2D eigenvalue weighted by molar-refractivity contribution is 6.60. The number of hydrogen-bond donors (Lipinski definition) is 0. The van der Waals surface area contributed by atoms with Crippen LogP contribution in [0.3, 0.4) is 0 Å². The smallest absolute Gasteiger partial charge is 0.397 e. The molecule has 0 N–H and O–H groups in total. The topological polar surface area (TPSA) is 70.0 Å². The monoisotopic (exact) mass is 460 g/mol. The number of para-hydroxylation sites is 2. The molecular formula is C28H25BN4O2. The van der Waals surface area contributed by atoms with E-state index in [4.69, 9.17) is 19.3 Å². The molecule has 1 saturated heterocycles. The van der Waals surface area contributed by atoms with Crippen LogP contribution < -0.4 is 5.72 Å². The summed E-state index contributed by atoms with van der Waals surface area (Å²) in [7, 11) is -0.690. The van der Waals surface area contributed by atoms with E-state index < -0.39 is 18.3 Å². The van der Waals surface area contributed by atoms with Gasteiger partial charge in [0.1, 0.15) is 0 Å². The Kier molecular flexibility index (Phi) is 4.95. The third-order valence-corrected chi connectivity index (χ3v) is 7.02. The average Bonchev–Trinajstić information content (AvgIpc) is 3.09. The summed E-state index contributed by atoms with van der Waals surface area (Å²) in [6.45, 7) is 8.12. The Bertz CT molecular complexity index is 1460. The van der Waals surface area contributed by atoms with Crippen molar-refractivity contribution >= 4 is 34.6 Å². The van der Waals surface area contributed by atoms with Gasteiger partial charge in [0.05, 0.1) is 33.6 Å². The van der Waals surface area contributed by atoms with E-state index in [0.717, 1.165) is 44.3 Å². The predicted octanol–water partition coefficient (Wildman–Crippen LogP) is 5.21. The number of pyridine rings is 2. The van der Waals surface area contributed by atoms with Crippen molar-refractivity contribution in [2.24, 2.45) is 0 Å². The van der Waals surface area contributed by atoms with E-state index in [-0.39, 0.29) is 0 Å². The number of aromatic nitrogens is 4. The quantitative estimate of drug-likeness (QED) is 0.345. The first-order chi connectivity index (χ1) is 16.8. The lowest BCUT2D eigenvalue weighted by atomic mass is 9.88. The van der Waals surface area contributed by atoms with Crippen molar-refractivity contribution in [2.75, 3.05) is 0 Å². The van der Waals surface area contributed by atoms with Crippen LogP contribution in [0.15, 0.2) is 79.1 Å². The Morgan fingerprint density at radius 3 is 1.57 bits per heavy atom. The van der Waals surface area contributed by atoms with Crippen LogP contribution in [-0.2, 0) is 9.31 Å². The van der Waals surface area contributed by atoms with Crippen molar-refractivity contribution in [1.29, 1.82) is 0 Å². The Morgan fingerprint density at radius 2 is 1.09 bits per heavy atom. The standard InChI is InChI=1S/C28H25BN4O2/c1-27(2)28(3,4)35-29(34-27)26-32-22(20-13-5-9-18-11-7-15-30-24(18)20)17-23(33-26)21-14-6-10-19-12-8-16-31-25(19)21/h5-17H,1-4H3. The highest BCUT2D eigenvalue weighted by Gasteiger charge is 2.53. The Balaban J connectivity index is 1.59. The molecule has 0 saturated carbocycles. The summed E-state index contributed by atoms with van der Waals surface area (Å²) in [4.78, 5) is 19.2. The molecule has 0 unspecified atom stereocenters. The van der Waals surface area contributed by atoms with Gasteiger partial charge in [-0.3, -0.25) is 9.97 Å². The summed E-state index contributed by atoms with van der Waals surface area (Å²) in [6.07, 6.45) is 3.61. The third-order valence-electron chi connectivity index (χ3n) is 7.02. The van der Waals surface area contributed by atoms with E-state index in [1.54, 1.807) is 12.4 Å². The lowest BCUT2D eigenvalue weighted by molar-refractivity contribution is 0.00578. The lowest BCUT2D eigenvalue weighted by Gasteiger charge is -2.32. The molecule has 1 aliphatic heterocycles. The molecule has 0 spiro atoms. The van der Waals surface area contributed by atoms with Crippen LogP contribution in [0.1, 0.15) is 27.7 Å². The molecule has 5 aromatic rings. The van der Waals surface area contributed by atoms with Crippen molar-refractivity contribution < 1.29 is 9.31 Å². The number of fused-ring (bicyclic) bond motifs is 2. The predicted molar refractivity (Wildman–Crippen MR) is 139 cm³/mol. The Labute approximate surface area is 204 Å². The third kappa shape index (κ3) is 3.68. The molecule has 0 atom stereocenters. The van der Waals surface area contributed by atoms with Gasteiger partial charge in [0.2, 0.25) is 0 Å². The Hall–Kier alpha value is -3.68. The first-order valence-electron chi connectivity index (χ1n) is 11.8. The molecule has 0 radical (unpaired) electrons. The van der Waals surface area contributed by atoms with Gasteiger partial charge >= 0.3 is 7.12 Å². The summed E-state index contributed by atoms with van der Waals surface area (Å²) < 4.78 is 12.7. The van der Waals surface area contributed by atoms with Crippen molar-refractivity contribution in [2.45, 2.75) is 38.9 Å². The second-order valence-corrected chi connectivity index (χ2v) is 9.85. The summed E-state index contributed by atoms with van der Waals surface area (Å²) in [6, 6.07) is 22.2. The number of nitrogens with zero attached hydrogens (tertiary/aromatic N) is 4. The normalized spacial score (nSPS) is 16.7. The van der Waals surface area contributed by atoms with E-state index in [0.29, 0.717) is 5.72 Å². The van der Waals surface area contributed by atoms with Gasteiger partial charge in [-0.2, -0.15) is 0 Å². The summed E-state index contributed by atoms with van der Waals surface area (Å²) in [5.74, 6) is 0. The van der Waals surface area contributed by atoms with E-state index >= 15 is 0 Å². The molecule has 7 heteroatoms. The molecular weight excluding hydrogens is 435 g/mol. The molecule has 0 aliphatic carbocycles. The van der Waals surface area contributed by atoms with E-state index in [1.165, 1.54) is 0 Å². The highest BCUT2D eigenvalue weighted by Crippen LogP contribution is 2.37. The van der Waals surface area contributed by atoms with Crippen LogP contribution in [0.25, 0.3) is 44.3 Å². The maximum absolute atomic E-state index is 6.33. The largest absolute Gasteiger partial charge is 0.534 e. The van der Waals surface area contributed by atoms with E-state index in [2.05, 4.69) is 34.2 Å². The molecule has 0 amide bonds. The summed E-state index contributed by atoms with van der Waals surface area (Å²) in [5.41, 5.74) is 4.63. The van der Waals surface area contributed by atoms with Gasteiger partial charge in [-0.25, -0.2) is 9.97 Å². The molecule has 2 aromatic carbocycles. The average molecular weight is 460 g/mol. The molecule has 0 bridgehead atoms. The molecule has 172 valence electrons. The van der Waals surface area contributed by atoms with Crippen molar-refractivity contribution in [3.63, 3.8) is 0 Å². The van der Waals surface area contributed by atoms with Crippen LogP contribution in [0, 0.1) is 0 Å². The Morgan fingerprint density at radius 1 is 0.629 bits per heavy atom. The molecule has 1 fully saturated rings. The minimum absolute atomic E-state index is 0.483. The molecule has 4 heterocycles. The van der Waals surface area contributed by atoms with Gasteiger partial charge in [0.25, 0.3) is 0 Å². The van der Waals surface area contributed by atoms with Gasteiger partial charge in [0, 0.05) is 34.3 Å². The van der Waals surface area contributed by atoms with Crippen LogP contribution >= 0.6 is 0 Å². The fourth-order valence-corrected chi connectivity index (χ4v) is 4.42. The number of hydrogen-bond acceptors (Lipinski definition) is 6. The van der Waals surface area contributed by atoms with Crippen LogP contribution in [-0.4, -0.2) is 38.3 Å². The molecule has 3 aromatic heterocycles. The summed E-state index contributed by atoms with van der Waals surface area (Å²) >= 11 is 0. The molecule has 1 aliphatic rings. The van der Waals surface area contributed by atoms with E-state index in [9.17, 15) is 0 Å². The van der Waals surface area contributed by atoms with Gasteiger partial charge in [0.15, 0.2) is 5.72 Å². The fourth-order valence-electron chi connectivity index (χ4n) is 4.42. The fraction of sp³-hybridized carbons (Fsp3) is 0.214. The zero-order valence-electron chi connectivity index (χ0n) is 20.2. The first kappa shape index (κ1) is 21.8. The van der Waals surface area contributed by atoms with E-state index in [1.807, 2.05) is 70.2 Å². The van der Waals surface area contributed by atoms with Gasteiger partial charge < -0.3 is 9.31 Å². The zero-order valence-corrected chi connectivity index (χ0v) is 20.2. The van der Waals surface area contributed by atoms with Crippen LogP contribution in [0.5, 0.6) is 0 Å². The van der Waals surface area contributed by atoms with Crippen molar-refractivity contribution in [3.05, 3.63) is 79.1 Å². The number of benzene rings is 2. The van der Waals surface area contributed by atoms with Gasteiger partial charge in [-0.1, -0.05) is 48.5 Å². The molecule has 35 heavy (non-hydrogen) atoms. The maximum atomic E-state index is 6.33. The minimum Gasteiger partial charge on any atom is -0.397 e. The van der Waals surface area contributed by atoms with Gasteiger partial charge in [-0.05, 0) is 45.9 Å². The van der Waals surface area contributed by atoms with Crippen LogP contribution in [0.4, 0.5) is 0 Å². The zero-order chi connectivity index (χ0) is 24.2.